The molecule has 1 N–H and O–H groups in total. The maximum absolute atomic E-state index is 13.0. The van der Waals surface area contributed by atoms with Crippen molar-refractivity contribution in [1.29, 1.82) is 0 Å². The van der Waals surface area contributed by atoms with Crippen molar-refractivity contribution >= 4 is 109 Å². The molecule has 0 bridgehead atoms. The summed E-state index contributed by atoms with van der Waals surface area (Å²) in [6.45, 7) is 0. The number of hydrogen-bond acceptors (Lipinski definition) is 11. The van der Waals surface area contributed by atoms with E-state index in [1.54, 1.807) is 43.4 Å². The molecule has 0 aliphatic rings. The standard InChI is InChI=1S/C8H7ClFN2O2S.C7H4ClFN2O2S.C7H5ClN2.CHF3O3S.F2O2S/c1-11-6-4-2-3-5-7(6)12(8(11)9)15(10,13)14;8-7-10-5-3-1-2-4-6(5)11(7)14(9,12)13;8-7-9-5-3-1-2-4-6(5)10-7;2-1(3,4)8(5,6)7;1-5(2,3)4/h2-5H,1H3;1-4H;1-4H,(H,9,10);(H,5,6,7);/q+1;;;;/p-1. The van der Waals surface area contributed by atoms with Crippen LogP contribution in [0.15, 0.2) is 72.8 Å². The van der Waals surface area contributed by atoms with Gasteiger partial charge < -0.3 is 9.54 Å². The number of nitrogens with one attached hydrogen (secondary N) is 1. The molecule has 0 saturated heterocycles. The van der Waals surface area contributed by atoms with E-state index in [1.165, 1.54) is 16.7 Å². The summed E-state index contributed by atoms with van der Waals surface area (Å²) < 4.78 is 167. The van der Waals surface area contributed by atoms with Crippen LogP contribution in [0.5, 0.6) is 0 Å². The molecule has 0 aliphatic heterocycles. The van der Waals surface area contributed by atoms with Crippen LogP contribution in [0.1, 0.15) is 0 Å². The number of rotatable bonds is 2. The van der Waals surface area contributed by atoms with Crippen LogP contribution in [0.3, 0.4) is 0 Å². The van der Waals surface area contributed by atoms with Gasteiger partial charge in [0.05, 0.1) is 29.1 Å². The predicted octanol–water partition coefficient (Wildman–Crippen LogP) is 5.37. The molecule has 29 heteroatoms. The summed E-state index contributed by atoms with van der Waals surface area (Å²) in [5.41, 5.74) is -2.54. The molecule has 286 valence electrons. The molecule has 0 fully saturated rings. The quantitative estimate of drug-likeness (QED) is 0.0767. The highest BCUT2D eigenvalue weighted by Crippen LogP contribution is 2.23. The molecule has 0 radical (unpaired) electrons. The molecule has 6 rings (SSSR count). The third-order valence-electron chi connectivity index (χ3n) is 5.47. The zero-order chi connectivity index (χ0) is 40.0. The smallest absolute Gasteiger partial charge is 0.485 e. The number of benzene rings is 3. The lowest BCUT2D eigenvalue weighted by atomic mass is 10.3. The first-order chi connectivity index (χ1) is 23.5. The van der Waals surface area contributed by atoms with Crippen LogP contribution in [0, 0.1) is 0 Å². The average molecular weight is 888 g/mol. The van der Waals surface area contributed by atoms with Crippen molar-refractivity contribution in [3.8, 4) is 0 Å². The SMILES string of the molecule is C[n+]1c(Cl)n(S(=O)(=O)F)c2ccccc21.Clc1nc2ccccc2[nH]1.O=S(=O)(F)F.O=S(=O)(F)n1c(Cl)nc2ccccc21.O=S(=O)([O-])C(F)(F)F. The predicted molar refractivity (Wildman–Crippen MR) is 172 cm³/mol. The largest absolute Gasteiger partial charge is 0.741 e. The van der Waals surface area contributed by atoms with E-state index in [9.17, 15) is 45.5 Å². The van der Waals surface area contributed by atoms with Gasteiger partial charge >= 0.3 is 42.2 Å². The Kier molecular flexibility index (Phi) is 14.4. The third-order valence-corrected chi connectivity index (χ3v) is 8.70. The Morgan fingerprint density at radius 3 is 1.58 bits per heavy atom. The molecular weight excluding hydrogens is 872 g/mol. The van der Waals surface area contributed by atoms with Crippen LogP contribution in [0.4, 0.5) is 28.7 Å². The van der Waals surface area contributed by atoms with E-state index in [2.05, 4.69) is 15.0 Å². The highest BCUT2D eigenvalue weighted by atomic mass is 35.5. The monoisotopic (exact) mass is 886 g/mol. The van der Waals surface area contributed by atoms with Crippen LogP contribution in [0.2, 0.25) is 15.9 Å². The molecule has 3 heterocycles. The fourth-order valence-electron chi connectivity index (χ4n) is 3.57. The van der Waals surface area contributed by atoms with Crippen LogP contribution < -0.4 is 4.57 Å². The van der Waals surface area contributed by atoms with E-state index in [4.69, 9.17) is 56.2 Å². The molecule has 3 aromatic carbocycles. The van der Waals surface area contributed by atoms with E-state index in [1.807, 2.05) is 24.3 Å². The van der Waals surface area contributed by atoms with Crippen LogP contribution >= 0.6 is 34.8 Å². The summed E-state index contributed by atoms with van der Waals surface area (Å²) >= 11 is 16.8. The maximum atomic E-state index is 13.0. The van der Waals surface area contributed by atoms with Crippen LogP contribution in [-0.2, 0) is 48.6 Å². The van der Waals surface area contributed by atoms with Gasteiger partial charge in [-0.25, -0.2) is 23.0 Å². The number of para-hydroxylation sites is 6. The number of aromatic nitrogens is 6. The van der Waals surface area contributed by atoms with Gasteiger partial charge in [0.25, 0.3) is 0 Å². The summed E-state index contributed by atoms with van der Waals surface area (Å²) in [5.74, 6) is 0. The highest BCUT2D eigenvalue weighted by molar-refractivity contribution is 7.86. The summed E-state index contributed by atoms with van der Waals surface area (Å²) in [7, 11) is -20.0. The highest BCUT2D eigenvalue weighted by Gasteiger charge is 2.37. The van der Waals surface area contributed by atoms with Crippen LogP contribution in [-0.4, -0.2) is 66.6 Å². The Bertz CT molecular complexity index is 2610. The van der Waals surface area contributed by atoms with Gasteiger partial charge in [-0.15, -0.1) is 0 Å². The van der Waals surface area contributed by atoms with Crippen molar-refractivity contribution in [3.63, 3.8) is 0 Å². The number of nitrogens with zero attached hydrogens (tertiary/aromatic N) is 5. The first-order valence-electron chi connectivity index (χ1n) is 12.5. The van der Waals surface area contributed by atoms with E-state index in [0.29, 0.717) is 24.3 Å². The lowest BCUT2D eigenvalue weighted by molar-refractivity contribution is -0.642. The summed E-state index contributed by atoms with van der Waals surface area (Å²) in [6.07, 6.45) is 0. The molecule has 3 aromatic heterocycles. The van der Waals surface area contributed by atoms with Gasteiger partial charge in [-0.1, -0.05) is 55.9 Å². The van der Waals surface area contributed by atoms with Gasteiger partial charge in [0.2, 0.25) is 10.6 Å². The van der Waals surface area contributed by atoms with Crippen molar-refractivity contribution < 1.29 is 71.5 Å². The van der Waals surface area contributed by atoms with Crippen molar-refractivity contribution in [3.05, 3.63) is 88.6 Å². The molecule has 0 spiro atoms. The Morgan fingerprint density at radius 2 is 1.12 bits per heavy atom. The fraction of sp³-hybridized carbons (Fsp3) is 0.0870. The number of H-pyrrole nitrogens is 1. The third kappa shape index (κ3) is 12.7. The van der Waals surface area contributed by atoms with E-state index < -0.39 is 52.3 Å². The molecule has 52 heavy (non-hydrogen) atoms. The first-order valence-corrected chi connectivity index (χ1v) is 19.0. The number of aromatic amines is 1. The maximum Gasteiger partial charge on any atom is 0.485 e. The van der Waals surface area contributed by atoms with Crippen LogP contribution in [0.25, 0.3) is 33.1 Å². The normalized spacial score (nSPS) is 12.1. The van der Waals surface area contributed by atoms with Gasteiger partial charge in [-0.05, 0) is 59.6 Å². The lowest BCUT2D eigenvalue weighted by Gasteiger charge is -2.08. The molecule has 6 aromatic rings. The minimum Gasteiger partial charge on any atom is -0.741 e. The van der Waals surface area contributed by atoms with E-state index in [0.717, 1.165) is 11.0 Å². The Hall–Kier alpha value is -3.79. The second-order valence-corrected chi connectivity index (χ2v) is 14.5. The summed E-state index contributed by atoms with van der Waals surface area (Å²) in [6, 6.07) is 20.4. The van der Waals surface area contributed by atoms with Crippen molar-refractivity contribution in [2.75, 3.05) is 0 Å². The number of fused-ring (bicyclic) bond motifs is 3. The van der Waals surface area contributed by atoms with Gasteiger partial charge in [0.1, 0.15) is 0 Å². The van der Waals surface area contributed by atoms with Gasteiger partial charge in [0.15, 0.2) is 21.2 Å². The minimum atomic E-state index is -6.09. The number of imidazole rings is 3. The minimum absolute atomic E-state index is 0.125. The number of aryl methyl sites for hydroxylation is 1. The zero-order valence-electron chi connectivity index (χ0n) is 24.8. The van der Waals surface area contributed by atoms with Gasteiger partial charge in [-0.3, -0.25) is 0 Å². The molecule has 0 unspecified atom stereocenters. The van der Waals surface area contributed by atoms with E-state index in [-0.39, 0.29) is 16.3 Å². The molecule has 15 nitrogen and oxygen atoms in total. The molecule has 0 atom stereocenters. The molecule has 0 aliphatic carbocycles. The fourth-order valence-corrected chi connectivity index (χ4v) is 5.92. The van der Waals surface area contributed by atoms with Crippen molar-refractivity contribution in [2.45, 2.75) is 5.51 Å². The topological polar surface area (TPSA) is 215 Å². The zero-order valence-corrected chi connectivity index (χ0v) is 30.3. The second kappa shape index (κ2) is 16.9. The lowest BCUT2D eigenvalue weighted by Crippen LogP contribution is -2.28. The Balaban J connectivity index is 0.000000236. The first kappa shape index (κ1) is 44.4. The number of halogens is 10. The van der Waals surface area contributed by atoms with Gasteiger partial charge in [-0.2, -0.15) is 42.4 Å². The second-order valence-electron chi connectivity index (χ2n) is 8.92. The molecule has 0 saturated carbocycles. The number of hydrogen-bond donors (Lipinski definition) is 1. The summed E-state index contributed by atoms with van der Waals surface area (Å²) in [5, 5.41) is -0.159. The number of alkyl halides is 3. The van der Waals surface area contributed by atoms with Crippen molar-refractivity contribution in [2.24, 2.45) is 7.05 Å². The molecule has 0 amide bonds. The van der Waals surface area contributed by atoms with E-state index >= 15 is 0 Å². The summed E-state index contributed by atoms with van der Waals surface area (Å²) in [4.78, 5) is 10.6. The molecular formula is C23H16Cl3F7N6O9S4. The van der Waals surface area contributed by atoms with Gasteiger partial charge in [0, 0.05) is 11.6 Å². The Morgan fingerprint density at radius 1 is 0.692 bits per heavy atom. The van der Waals surface area contributed by atoms with Crippen molar-refractivity contribution in [1.82, 2.24) is 22.9 Å². The Labute approximate surface area is 303 Å². The average Bonchev–Trinajstić information content (AvgIpc) is 3.61.